The second kappa shape index (κ2) is 6.88. The van der Waals surface area contributed by atoms with Gasteiger partial charge in [0.25, 0.3) is 0 Å². The molecule has 0 saturated heterocycles. The largest absolute Gasteiger partial charge is 0.388 e. The van der Waals surface area contributed by atoms with Crippen molar-refractivity contribution < 1.29 is 5.11 Å². The number of hydrogen-bond acceptors (Lipinski definition) is 1. The van der Waals surface area contributed by atoms with E-state index in [4.69, 9.17) is 0 Å². The summed E-state index contributed by atoms with van der Waals surface area (Å²) in [7, 11) is 0. The third-order valence-electron chi connectivity index (χ3n) is 3.30. The lowest BCUT2D eigenvalue weighted by atomic mass is 10.0. The summed E-state index contributed by atoms with van der Waals surface area (Å²) >= 11 is 3.52. The van der Waals surface area contributed by atoms with E-state index in [2.05, 4.69) is 53.2 Å². The minimum absolute atomic E-state index is 0.390. The van der Waals surface area contributed by atoms with E-state index >= 15 is 0 Å². The minimum atomic E-state index is -0.390. The maximum atomic E-state index is 10.2. The van der Waals surface area contributed by atoms with Gasteiger partial charge in [-0.2, -0.15) is 0 Å². The first-order chi connectivity index (χ1) is 9.16. The van der Waals surface area contributed by atoms with Gasteiger partial charge in [0.05, 0.1) is 6.10 Å². The predicted octanol–water partition coefficient (Wildman–Crippen LogP) is 4.81. The highest BCUT2D eigenvalue weighted by Gasteiger charge is 2.10. The van der Waals surface area contributed by atoms with E-state index < -0.39 is 6.10 Å². The molecule has 0 spiro atoms. The van der Waals surface area contributed by atoms with Crippen molar-refractivity contribution in [3.05, 3.63) is 69.7 Å². The van der Waals surface area contributed by atoms with E-state index in [1.807, 2.05) is 18.2 Å². The molecule has 1 atom stereocenters. The summed E-state index contributed by atoms with van der Waals surface area (Å²) < 4.78 is 1.000. The quantitative estimate of drug-likeness (QED) is 0.838. The molecule has 1 unspecified atom stereocenters. The van der Waals surface area contributed by atoms with Crippen LogP contribution in [0.25, 0.3) is 0 Å². The van der Waals surface area contributed by atoms with Crippen molar-refractivity contribution in [2.75, 3.05) is 0 Å². The molecular formula is C17H19BrO. The molecule has 0 heterocycles. The molecule has 0 aromatic heterocycles. The predicted molar refractivity (Wildman–Crippen MR) is 83.2 cm³/mol. The fourth-order valence-corrected chi connectivity index (χ4v) is 2.96. The molecule has 1 N–H and O–H groups in total. The van der Waals surface area contributed by atoms with Crippen molar-refractivity contribution in [3.63, 3.8) is 0 Å². The molecule has 2 rings (SSSR count). The van der Waals surface area contributed by atoms with Crippen molar-refractivity contribution in [3.8, 4) is 0 Å². The summed E-state index contributed by atoms with van der Waals surface area (Å²) in [6.07, 6.45) is 2.40. The van der Waals surface area contributed by atoms with Crippen molar-refractivity contribution >= 4 is 15.9 Å². The van der Waals surface area contributed by atoms with E-state index in [1.165, 1.54) is 11.1 Å². The van der Waals surface area contributed by atoms with Crippen LogP contribution in [0.3, 0.4) is 0 Å². The van der Waals surface area contributed by atoms with Crippen molar-refractivity contribution in [1.82, 2.24) is 0 Å². The molecule has 0 amide bonds. The Bertz CT molecular complexity index is 522. The molecule has 100 valence electrons. The van der Waals surface area contributed by atoms with Crippen molar-refractivity contribution in [2.24, 2.45) is 0 Å². The molecule has 0 saturated carbocycles. The van der Waals surface area contributed by atoms with Crippen LogP contribution in [0.1, 0.15) is 35.6 Å². The van der Waals surface area contributed by atoms with Crippen LogP contribution >= 0.6 is 15.9 Å². The molecule has 19 heavy (non-hydrogen) atoms. The molecule has 0 aliphatic heterocycles. The van der Waals surface area contributed by atoms with Crippen LogP contribution < -0.4 is 0 Å². The van der Waals surface area contributed by atoms with E-state index in [9.17, 15) is 5.11 Å². The molecule has 1 nitrogen and oxygen atoms in total. The number of aryl methyl sites for hydroxylation is 2. The lowest BCUT2D eigenvalue weighted by Gasteiger charge is -2.13. The number of hydrogen-bond donors (Lipinski definition) is 1. The molecule has 0 aliphatic carbocycles. The maximum Gasteiger partial charge on any atom is 0.0801 e. The average molecular weight is 319 g/mol. The number of benzene rings is 2. The fraction of sp³-hybridized carbons (Fsp3) is 0.294. The monoisotopic (exact) mass is 318 g/mol. The first kappa shape index (κ1) is 14.3. The Morgan fingerprint density at radius 2 is 1.84 bits per heavy atom. The SMILES string of the molecule is Cc1ccc(C(O)CCCc2ccccc2)c(Br)c1. The van der Waals surface area contributed by atoms with E-state index in [-0.39, 0.29) is 0 Å². The van der Waals surface area contributed by atoms with Gasteiger partial charge in [0.1, 0.15) is 0 Å². The normalized spacial score (nSPS) is 12.4. The molecule has 0 fully saturated rings. The van der Waals surface area contributed by atoms with Crippen LogP contribution in [0, 0.1) is 6.92 Å². The van der Waals surface area contributed by atoms with Crippen LogP contribution in [-0.4, -0.2) is 5.11 Å². The molecule has 0 bridgehead atoms. The Morgan fingerprint density at radius 3 is 2.53 bits per heavy atom. The summed E-state index contributed by atoms with van der Waals surface area (Å²) in [6.45, 7) is 2.05. The van der Waals surface area contributed by atoms with Gasteiger partial charge in [-0.3, -0.25) is 0 Å². The molecule has 2 aromatic carbocycles. The van der Waals surface area contributed by atoms with Crippen LogP contribution in [0.15, 0.2) is 53.0 Å². The second-order valence-electron chi connectivity index (χ2n) is 4.92. The number of aliphatic hydroxyl groups is 1. The zero-order valence-corrected chi connectivity index (χ0v) is 12.7. The topological polar surface area (TPSA) is 20.2 Å². The van der Waals surface area contributed by atoms with Crippen molar-refractivity contribution in [2.45, 2.75) is 32.3 Å². The third kappa shape index (κ3) is 4.19. The van der Waals surface area contributed by atoms with Gasteiger partial charge >= 0.3 is 0 Å². The van der Waals surface area contributed by atoms with Gasteiger partial charge in [-0.15, -0.1) is 0 Å². The van der Waals surface area contributed by atoms with Gasteiger partial charge in [0.2, 0.25) is 0 Å². The third-order valence-corrected chi connectivity index (χ3v) is 3.99. The Balaban J connectivity index is 1.89. The highest BCUT2D eigenvalue weighted by molar-refractivity contribution is 9.10. The van der Waals surface area contributed by atoms with Crippen LogP contribution in [0.4, 0.5) is 0 Å². The first-order valence-corrected chi connectivity index (χ1v) is 7.44. The van der Waals surface area contributed by atoms with E-state index in [0.29, 0.717) is 0 Å². The summed E-state index contributed by atoms with van der Waals surface area (Å²) in [6, 6.07) is 16.5. The Labute approximate surface area is 123 Å². The van der Waals surface area contributed by atoms with Gasteiger partial charge in [0, 0.05) is 4.47 Å². The fourth-order valence-electron chi connectivity index (χ4n) is 2.20. The number of rotatable bonds is 5. The van der Waals surface area contributed by atoms with Gasteiger partial charge in [0.15, 0.2) is 0 Å². The average Bonchev–Trinajstić information content (AvgIpc) is 2.39. The lowest BCUT2D eigenvalue weighted by Crippen LogP contribution is -2.00. The molecule has 0 radical (unpaired) electrons. The minimum Gasteiger partial charge on any atom is -0.388 e. The lowest BCUT2D eigenvalue weighted by molar-refractivity contribution is 0.164. The first-order valence-electron chi connectivity index (χ1n) is 6.65. The van der Waals surface area contributed by atoms with Crippen LogP contribution in [0.5, 0.6) is 0 Å². The number of halogens is 1. The van der Waals surface area contributed by atoms with E-state index in [0.717, 1.165) is 29.3 Å². The molecule has 2 heteroatoms. The molecular weight excluding hydrogens is 300 g/mol. The van der Waals surface area contributed by atoms with Crippen molar-refractivity contribution in [1.29, 1.82) is 0 Å². The highest BCUT2D eigenvalue weighted by atomic mass is 79.9. The van der Waals surface area contributed by atoms with Crippen LogP contribution in [0.2, 0.25) is 0 Å². The van der Waals surface area contributed by atoms with Gasteiger partial charge in [-0.05, 0) is 48.9 Å². The Kier molecular flexibility index (Phi) is 5.17. The summed E-state index contributed by atoms with van der Waals surface area (Å²) in [5, 5.41) is 10.2. The van der Waals surface area contributed by atoms with Gasteiger partial charge in [-0.1, -0.05) is 58.4 Å². The number of aliphatic hydroxyl groups excluding tert-OH is 1. The summed E-state index contributed by atoms with van der Waals surface area (Å²) in [4.78, 5) is 0. The Hall–Kier alpha value is -1.12. The second-order valence-corrected chi connectivity index (χ2v) is 5.77. The smallest absolute Gasteiger partial charge is 0.0801 e. The summed E-state index contributed by atoms with van der Waals surface area (Å²) in [5.41, 5.74) is 3.52. The standard InChI is InChI=1S/C17H19BrO/c1-13-10-11-15(16(18)12-13)17(19)9-5-8-14-6-3-2-4-7-14/h2-4,6-7,10-12,17,19H,5,8-9H2,1H3. The zero-order valence-electron chi connectivity index (χ0n) is 11.1. The Morgan fingerprint density at radius 1 is 1.11 bits per heavy atom. The van der Waals surface area contributed by atoms with Crippen LogP contribution in [-0.2, 0) is 6.42 Å². The van der Waals surface area contributed by atoms with Gasteiger partial charge < -0.3 is 5.11 Å². The van der Waals surface area contributed by atoms with E-state index in [1.54, 1.807) is 0 Å². The molecule has 2 aromatic rings. The molecule has 0 aliphatic rings. The summed E-state index contributed by atoms with van der Waals surface area (Å²) in [5.74, 6) is 0. The van der Waals surface area contributed by atoms with Gasteiger partial charge in [-0.25, -0.2) is 0 Å². The maximum absolute atomic E-state index is 10.2. The highest BCUT2D eigenvalue weighted by Crippen LogP contribution is 2.27. The zero-order chi connectivity index (χ0) is 13.7.